The highest BCUT2D eigenvalue weighted by atomic mass is 14.7. The first kappa shape index (κ1) is 9.97. The quantitative estimate of drug-likeness (QED) is 0.809. The average Bonchev–Trinajstić information content (AvgIpc) is 2.18. The standard InChI is InChI=1S/C13H16N2/c1-9(2)7-10-3-4-13-11(8-10)12(14)5-6-15-13/h3-6,8-9H,7H2,1-2H3,(H2,14,15). The van der Waals surface area contributed by atoms with Crippen molar-refractivity contribution in [1.29, 1.82) is 0 Å². The second kappa shape index (κ2) is 3.89. The van der Waals surface area contributed by atoms with Crippen LogP contribution < -0.4 is 5.73 Å². The van der Waals surface area contributed by atoms with Gasteiger partial charge in [-0.15, -0.1) is 0 Å². The van der Waals surface area contributed by atoms with Gasteiger partial charge >= 0.3 is 0 Å². The van der Waals surface area contributed by atoms with Gasteiger partial charge in [-0.1, -0.05) is 19.9 Å². The van der Waals surface area contributed by atoms with Crippen molar-refractivity contribution in [2.45, 2.75) is 20.3 Å². The minimum Gasteiger partial charge on any atom is -0.398 e. The van der Waals surface area contributed by atoms with Crippen LogP contribution in [-0.4, -0.2) is 4.98 Å². The molecule has 0 saturated heterocycles. The van der Waals surface area contributed by atoms with Crippen molar-refractivity contribution >= 4 is 16.6 Å². The molecule has 1 aromatic heterocycles. The van der Waals surface area contributed by atoms with Crippen molar-refractivity contribution in [3.63, 3.8) is 0 Å². The number of rotatable bonds is 2. The van der Waals surface area contributed by atoms with E-state index in [0.717, 1.165) is 23.0 Å². The minimum atomic E-state index is 0.667. The van der Waals surface area contributed by atoms with E-state index in [9.17, 15) is 0 Å². The van der Waals surface area contributed by atoms with Crippen LogP contribution in [0.1, 0.15) is 19.4 Å². The van der Waals surface area contributed by atoms with E-state index >= 15 is 0 Å². The maximum atomic E-state index is 5.92. The predicted octanol–water partition coefficient (Wildman–Crippen LogP) is 3.02. The summed E-state index contributed by atoms with van der Waals surface area (Å²) in [6.45, 7) is 4.44. The summed E-state index contributed by atoms with van der Waals surface area (Å²) in [5.41, 5.74) is 9.03. The van der Waals surface area contributed by atoms with Crippen molar-refractivity contribution in [2.75, 3.05) is 5.73 Å². The zero-order chi connectivity index (χ0) is 10.8. The average molecular weight is 200 g/mol. The first-order chi connectivity index (χ1) is 7.16. The van der Waals surface area contributed by atoms with Gasteiger partial charge in [-0.05, 0) is 36.1 Å². The minimum absolute atomic E-state index is 0.667. The molecule has 15 heavy (non-hydrogen) atoms. The van der Waals surface area contributed by atoms with Crippen LogP contribution >= 0.6 is 0 Å². The van der Waals surface area contributed by atoms with Crippen molar-refractivity contribution in [3.05, 3.63) is 36.0 Å². The van der Waals surface area contributed by atoms with Gasteiger partial charge in [-0.25, -0.2) is 0 Å². The third-order valence-electron chi connectivity index (χ3n) is 2.48. The van der Waals surface area contributed by atoms with E-state index in [1.165, 1.54) is 5.56 Å². The maximum absolute atomic E-state index is 5.92. The van der Waals surface area contributed by atoms with Crippen molar-refractivity contribution in [3.8, 4) is 0 Å². The molecule has 2 N–H and O–H groups in total. The Labute approximate surface area is 90.1 Å². The van der Waals surface area contributed by atoms with Gasteiger partial charge in [0.2, 0.25) is 0 Å². The van der Waals surface area contributed by atoms with Crippen LogP contribution in [0.3, 0.4) is 0 Å². The highest BCUT2D eigenvalue weighted by Crippen LogP contribution is 2.21. The van der Waals surface area contributed by atoms with Crippen molar-refractivity contribution in [1.82, 2.24) is 4.98 Å². The summed E-state index contributed by atoms with van der Waals surface area (Å²) in [6, 6.07) is 8.18. The molecule has 0 fully saturated rings. The smallest absolute Gasteiger partial charge is 0.0722 e. The number of benzene rings is 1. The normalized spacial score (nSPS) is 11.1. The lowest BCUT2D eigenvalue weighted by Crippen LogP contribution is -1.95. The van der Waals surface area contributed by atoms with E-state index < -0.39 is 0 Å². The summed E-state index contributed by atoms with van der Waals surface area (Å²) in [4.78, 5) is 4.28. The third-order valence-corrected chi connectivity index (χ3v) is 2.48. The number of pyridine rings is 1. The van der Waals surface area contributed by atoms with Crippen LogP contribution in [0.15, 0.2) is 30.5 Å². The Morgan fingerprint density at radius 3 is 2.80 bits per heavy atom. The number of hydrogen-bond donors (Lipinski definition) is 1. The first-order valence-corrected chi connectivity index (χ1v) is 5.30. The van der Waals surface area contributed by atoms with Gasteiger partial charge in [0.25, 0.3) is 0 Å². The lowest BCUT2D eigenvalue weighted by Gasteiger charge is -2.07. The zero-order valence-electron chi connectivity index (χ0n) is 9.20. The second-order valence-corrected chi connectivity index (χ2v) is 4.35. The SMILES string of the molecule is CC(C)Cc1ccc2nccc(N)c2c1. The Hall–Kier alpha value is -1.57. The van der Waals surface area contributed by atoms with E-state index in [2.05, 4.69) is 31.0 Å². The van der Waals surface area contributed by atoms with Crippen molar-refractivity contribution < 1.29 is 0 Å². The molecule has 0 aliphatic heterocycles. The molecule has 2 heteroatoms. The summed E-state index contributed by atoms with van der Waals surface area (Å²) in [7, 11) is 0. The van der Waals surface area contributed by atoms with Crippen LogP contribution in [0.5, 0.6) is 0 Å². The van der Waals surface area contributed by atoms with Gasteiger partial charge in [0, 0.05) is 17.3 Å². The number of nitrogen functional groups attached to an aromatic ring is 1. The number of fused-ring (bicyclic) bond motifs is 1. The predicted molar refractivity (Wildman–Crippen MR) is 64.7 cm³/mol. The molecule has 2 nitrogen and oxygen atoms in total. The highest BCUT2D eigenvalue weighted by Gasteiger charge is 2.02. The Kier molecular flexibility index (Phi) is 2.58. The Morgan fingerprint density at radius 1 is 1.27 bits per heavy atom. The molecule has 0 unspecified atom stereocenters. The van der Waals surface area contributed by atoms with Crippen LogP contribution in [-0.2, 0) is 6.42 Å². The van der Waals surface area contributed by atoms with Crippen LogP contribution in [0.2, 0.25) is 0 Å². The fourth-order valence-corrected chi connectivity index (χ4v) is 1.81. The van der Waals surface area contributed by atoms with Crippen LogP contribution in [0.25, 0.3) is 10.9 Å². The van der Waals surface area contributed by atoms with Gasteiger partial charge in [-0.3, -0.25) is 4.98 Å². The topological polar surface area (TPSA) is 38.9 Å². The largest absolute Gasteiger partial charge is 0.398 e. The fraction of sp³-hybridized carbons (Fsp3) is 0.308. The molecule has 0 amide bonds. The van der Waals surface area contributed by atoms with E-state index in [0.29, 0.717) is 5.92 Å². The fourth-order valence-electron chi connectivity index (χ4n) is 1.81. The molecule has 0 spiro atoms. The van der Waals surface area contributed by atoms with Crippen LogP contribution in [0.4, 0.5) is 5.69 Å². The summed E-state index contributed by atoms with van der Waals surface area (Å²) >= 11 is 0. The summed E-state index contributed by atoms with van der Waals surface area (Å²) in [5.74, 6) is 0.667. The monoisotopic (exact) mass is 200 g/mol. The molecule has 0 bridgehead atoms. The molecule has 2 aromatic rings. The molecule has 1 aromatic carbocycles. The molecule has 0 aliphatic carbocycles. The molecule has 2 rings (SSSR count). The van der Waals surface area contributed by atoms with E-state index in [1.807, 2.05) is 12.1 Å². The first-order valence-electron chi connectivity index (χ1n) is 5.30. The molecule has 78 valence electrons. The summed E-state index contributed by atoms with van der Waals surface area (Å²) < 4.78 is 0. The van der Waals surface area contributed by atoms with E-state index in [-0.39, 0.29) is 0 Å². The molecule has 0 radical (unpaired) electrons. The number of nitrogens with zero attached hydrogens (tertiary/aromatic N) is 1. The Morgan fingerprint density at radius 2 is 2.07 bits per heavy atom. The van der Waals surface area contributed by atoms with Crippen LogP contribution in [0, 0.1) is 5.92 Å². The third kappa shape index (κ3) is 2.09. The molecule has 0 aliphatic rings. The number of nitrogens with two attached hydrogens (primary N) is 1. The second-order valence-electron chi connectivity index (χ2n) is 4.35. The molecule has 0 saturated carbocycles. The summed E-state index contributed by atoms with van der Waals surface area (Å²) in [5, 5.41) is 1.07. The Balaban J connectivity index is 2.50. The molecule has 0 atom stereocenters. The number of hydrogen-bond acceptors (Lipinski definition) is 2. The summed E-state index contributed by atoms with van der Waals surface area (Å²) in [6.07, 6.45) is 2.84. The van der Waals surface area contributed by atoms with Crippen molar-refractivity contribution in [2.24, 2.45) is 5.92 Å². The highest BCUT2D eigenvalue weighted by molar-refractivity contribution is 5.90. The Bertz CT molecular complexity index is 475. The van der Waals surface area contributed by atoms with Gasteiger partial charge in [-0.2, -0.15) is 0 Å². The van der Waals surface area contributed by atoms with E-state index in [4.69, 9.17) is 5.73 Å². The lowest BCUT2D eigenvalue weighted by atomic mass is 10.0. The van der Waals surface area contributed by atoms with Gasteiger partial charge in [0.1, 0.15) is 0 Å². The molecular formula is C13H16N2. The van der Waals surface area contributed by atoms with Gasteiger partial charge in [0.15, 0.2) is 0 Å². The number of anilines is 1. The number of aromatic nitrogens is 1. The molecule has 1 heterocycles. The maximum Gasteiger partial charge on any atom is 0.0722 e. The van der Waals surface area contributed by atoms with E-state index in [1.54, 1.807) is 6.20 Å². The molecular weight excluding hydrogens is 184 g/mol. The zero-order valence-corrected chi connectivity index (χ0v) is 9.20. The van der Waals surface area contributed by atoms with Gasteiger partial charge < -0.3 is 5.73 Å². The lowest BCUT2D eigenvalue weighted by molar-refractivity contribution is 0.648. The van der Waals surface area contributed by atoms with Gasteiger partial charge in [0.05, 0.1) is 5.52 Å².